The van der Waals surface area contributed by atoms with E-state index in [1.165, 1.54) is 9.21 Å². The van der Waals surface area contributed by atoms with Gasteiger partial charge in [0.2, 0.25) is 21.8 Å². The number of nitrogens with one attached hydrogen (secondary N) is 1. The summed E-state index contributed by atoms with van der Waals surface area (Å²) in [6, 6.07) is 11.5. The highest BCUT2D eigenvalue weighted by Gasteiger charge is 2.29. The van der Waals surface area contributed by atoms with Crippen LogP contribution in [0.5, 0.6) is 0 Å². The van der Waals surface area contributed by atoms with Gasteiger partial charge in [0.25, 0.3) is 0 Å². The number of amides is 2. The minimum atomic E-state index is -3.54. The van der Waals surface area contributed by atoms with Crippen LogP contribution in [0.2, 0.25) is 10.0 Å². The van der Waals surface area contributed by atoms with Gasteiger partial charge in [0, 0.05) is 36.1 Å². The van der Waals surface area contributed by atoms with Crippen molar-refractivity contribution in [3.8, 4) is 0 Å². The molecule has 0 aliphatic rings. The van der Waals surface area contributed by atoms with Crippen LogP contribution in [0.15, 0.2) is 42.5 Å². The van der Waals surface area contributed by atoms with E-state index in [0.29, 0.717) is 34.3 Å². The molecular formula is C25H33Cl2N3O4S. The van der Waals surface area contributed by atoms with E-state index in [1.54, 1.807) is 36.4 Å². The molecule has 2 rings (SSSR count). The Morgan fingerprint density at radius 1 is 1.09 bits per heavy atom. The molecule has 2 aromatic carbocycles. The Morgan fingerprint density at radius 3 is 2.37 bits per heavy atom. The van der Waals surface area contributed by atoms with Crippen molar-refractivity contribution < 1.29 is 18.0 Å². The van der Waals surface area contributed by atoms with Crippen LogP contribution < -0.4 is 9.62 Å². The monoisotopic (exact) mass is 541 g/mol. The largest absolute Gasteiger partial charge is 0.355 e. The Balaban J connectivity index is 2.24. The summed E-state index contributed by atoms with van der Waals surface area (Å²) in [5, 5.41) is 3.67. The molecule has 2 aromatic rings. The Kier molecular flexibility index (Phi) is 10.9. The van der Waals surface area contributed by atoms with E-state index < -0.39 is 16.1 Å². The summed E-state index contributed by atoms with van der Waals surface area (Å²) in [4.78, 5) is 27.6. The molecule has 10 heteroatoms. The topological polar surface area (TPSA) is 86.8 Å². The first kappa shape index (κ1) is 28.9. The molecule has 1 N–H and O–H groups in total. The number of likely N-dealkylation sites (N-methyl/N-ethyl adjacent to an activating group) is 1. The summed E-state index contributed by atoms with van der Waals surface area (Å²) >= 11 is 12.4. The minimum Gasteiger partial charge on any atom is -0.355 e. The third-order valence-corrected chi connectivity index (χ3v) is 7.32. The van der Waals surface area contributed by atoms with Crippen LogP contribution in [0.4, 0.5) is 5.69 Å². The van der Waals surface area contributed by atoms with Crippen LogP contribution in [0.25, 0.3) is 0 Å². The second-order valence-corrected chi connectivity index (χ2v) is 11.1. The van der Waals surface area contributed by atoms with Crippen molar-refractivity contribution in [1.82, 2.24) is 10.2 Å². The Hall–Kier alpha value is -2.29. The molecule has 0 saturated carbocycles. The van der Waals surface area contributed by atoms with Crippen molar-refractivity contribution in [2.75, 3.05) is 23.7 Å². The predicted molar refractivity (Wildman–Crippen MR) is 142 cm³/mol. The van der Waals surface area contributed by atoms with E-state index in [9.17, 15) is 18.0 Å². The summed E-state index contributed by atoms with van der Waals surface area (Å²) in [6.45, 7) is 6.27. The molecule has 0 aromatic heterocycles. The molecule has 0 heterocycles. The van der Waals surface area contributed by atoms with Crippen LogP contribution in [-0.4, -0.2) is 50.5 Å². The van der Waals surface area contributed by atoms with Gasteiger partial charge < -0.3 is 10.2 Å². The average molecular weight is 543 g/mol. The second-order valence-electron chi connectivity index (χ2n) is 8.35. The third kappa shape index (κ3) is 8.40. The molecule has 0 aliphatic carbocycles. The normalized spacial score (nSPS) is 12.2. The maximum absolute atomic E-state index is 13.4. The van der Waals surface area contributed by atoms with Gasteiger partial charge in [-0.2, -0.15) is 0 Å². The number of sulfonamides is 1. The first-order valence-corrected chi connectivity index (χ1v) is 14.1. The predicted octanol–water partition coefficient (Wildman–Crippen LogP) is 4.79. The van der Waals surface area contributed by atoms with Crippen LogP contribution in [0.1, 0.15) is 44.2 Å². The molecule has 2 amide bonds. The molecule has 0 bridgehead atoms. The molecule has 1 unspecified atom stereocenters. The number of carbonyl (C=O) groups excluding carboxylic acids is 2. The molecule has 0 fully saturated rings. The number of hydrogen-bond acceptors (Lipinski definition) is 4. The van der Waals surface area contributed by atoms with Crippen molar-refractivity contribution in [2.24, 2.45) is 0 Å². The number of benzene rings is 2. The van der Waals surface area contributed by atoms with Gasteiger partial charge >= 0.3 is 0 Å². The van der Waals surface area contributed by atoms with Crippen molar-refractivity contribution in [2.45, 2.75) is 52.6 Å². The van der Waals surface area contributed by atoms with Gasteiger partial charge in [-0.3, -0.25) is 13.9 Å². The zero-order valence-corrected chi connectivity index (χ0v) is 22.9. The zero-order chi connectivity index (χ0) is 26.2. The summed E-state index contributed by atoms with van der Waals surface area (Å²) in [6.07, 6.45) is 1.92. The van der Waals surface area contributed by atoms with Crippen LogP contribution in [0.3, 0.4) is 0 Å². The molecule has 0 saturated heterocycles. The zero-order valence-electron chi connectivity index (χ0n) is 20.6. The molecule has 0 spiro atoms. The first-order chi connectivity index (χ1) is 16.5. The smallest absolute Gasteiger partial charge is 0.242 e. The van der Waals surface area contributed by atoms with Gasteiger partial charge in [0.15, 0.2) is 0 Å². The highest BCUT2D eigenvalue weighted by Crippen LogP contribution is 2.25. The maximum Gasteiger partial charge on any atom is 0.242 e. The number of aryl methyl sites for hydroxylation is 1. The van der Waals surface area contributed by atoms with E-state index in [1.807, 2.05) is 26.8 Å². The van der Waals surface area contributed by atoms with Gasteiger partial charge in [0.05, 0.1) is 11.9 Å². The summed E-state index contributed by atoms with van der Waals surface area (Å²) in [5.74, 6) is -0.502. The van der Waals surface area contributed by atoms with Gasteiger partial charge in [-0.15, -0.1) is 0 Å². The highest BCUT2D eigenvalue weighted by molar-refractivity contribution is 7.92. The number of halogens is 2. The van der Waals surface area contributed by atoms with Gasteiger partial charge in [-0.1, -0.05) is 48.3 Å². The lowest BCUT2D eigenvalue weighted by Gasteiger charge is -2.31. The van der Waals surface area contributed by atoms with E-state index in [4.69, 9.17) is 23.2 Å². The first-order valence-electron chi connectivity index (χ1n) is 11.5. The molecule has 0 aliphatic heterocycles. The molecule has 0 radical (unpaired) electrons. The number of rotatable bonds is 12. The van der Waals surface area contributed by atoms with Gasteiger partial charge in [-0.25, -0.2) is 8.42 Å². The Labute approximate surface area is 218 Å². The quantitative estimate of drug-likeness (QED) is 0.418. The minimum absolute atomic E-state index is 0.0684. The van der Waals surface area contributed by atoms with E-state index in [-0.39, 0.29) is 37.7 Å². The van der Waals surface area contributed by atoms with Crippen molar-refractivity contribution in [1.29, 1.82) is 0 Å². The lowest BCUT2D eigenvalue weighted by atomic mass is 10.1. The van der Waals surface area contributed by atoms with Crippen LogP contribution in [-0.2, 0) is 26.2 Å². The molecule has 192 valence electrons. The summed E-state index contributed by atoms with van der Waals surface area (Å²) in [5.41, 5.74) is 2.16. The number of anilines is 1. The lowest BCUT2D eigenvalue weighted by molar-refractivity contribution is -0.141. The fraction of sp³-hybridized carbons (Fsp3) is 0.440. The van der Waals surface area contributed by atoms with Gasteiger partial charge in [0.1, 0.15) is 6.04 Å². The number of carbonyl (C=O) groups is 2. The highest BCUT2D eigenvalue weighted by atomic mass is 35.5. The summed E-state index contributed by atoms with van der Waals surface area (Å²) in [7, 11) is -3.54. The Bertz CT molecular complexity index is 1140. The molecular weight excluding hydrogens is 509 g/mol. The molecule has 35 heavy (non-hydrogen) atoms. The van der Waals surface area contributed by atoms with Crippen LogP contribution >= 0.6 is 23.2 Å². The van der Waals surface area contributed by atoms with Crippen molar-refractivity contribution in [3.05, 3.63) is 63.6 Å². The SMILES string of the molecule is CCNC(=O)C(CC)N(Cc1ccc(Cl)cc1Cl)C(=O)CCCN(c1cccc(C)c1)S(C)(=O)=O. The van der Waals surface area contributed by atoms with Crippen LogP contribution in [0, 0.1) is 6.92 Å². The number of hydrogen-bond donors (Lipinski definition) is 1. The second kappa shape index (κ2) is 13.1. The summed E-state index contributed by atoms with van der Waals surface area (Å²) < 4.78 is 26.2. The van der Waals surface area contributed by atoms with Gasteiger partial charge in [-0.05, 0) is 62.1 Å². The standard InChI is InChI=1S/C25H33Cl2N3O4S/c1-5-23(25(32)28-6-2)29(17-19-12-13-20(26)16-22(19)27)24(31)11-8-14-30(35(4,33)34)21-10-7-9-18(3)15-21/h7,9-10,12-13,15-16,23H,5-6,8,11,14,17H2,1-4H3,(H,28,32). The van der Waals surface area contributed by atoms with E-state index in [2.05, 4.69) is 5.32 Å². The number of nitrogens with zero attached hydrogens (tertiary/aromatic N) is 2. The average Bonchev–Trinajstić information content (AvgIpc) is 2.77. The third-order valence-electron chi connectivity index (χ3n) is 5.53. The van der Waals surface area contributed by atoms with Crippen molar-refractivity contribution in [3.63, 3.8) is 0 Å². The van der Waals surface area contributed by atoms with Crippen molar-refractivity contribution >= 4 is 50.7 Å². The maximum atomic E-state index is 13.4. The lowest BCUT2D eigenvalue weighted by Crippen LogP contribution is -2.49. The fourth-order valence-electron chi connectivity index (χ4n) is 3.83. The van der Waals surface area contributed by atoms with E-state index >= 15 is 0 Å². The van der Waals surface area contributed by atoms with E-state index in [0.717, 1.165) is 11.8 Å². The Morgan fingerprint density at radius 2 is 1.80 bits per heavy atom. The molecule has 7 nitrogen and oxygen atoms in total. The molecule has 1 atom stereocenters. The fourth-order valence-corrected chi connectivity index (χ4v) is 5.26.